The van der Waals surface area contributed by atoms with Crippen LogP contribution in [0.15, 0.2) is 60.7 Å². The minimum atomic E-state index is -3.37. The number of unbranched alkanes of at least 4 members (excludes halogenated alkanes) is 2. The van der Waals surface area contributed by atoms with Crippen molar-refractivity contribution in [3.05, 3.63) is 60.7 Å². The van der Waals surface area contributed by atoms with Gasteiger partial charge in [-0.05, 0) is 42.1 Å². The molecule has 19 nitrogen and oxygen atoms in total. The number of ketones is 1. The van der Waals surface area contributed by atoms with E-state index in [-0.39, 0.29) is 44.2 Å². The number of esters is 2. The second kappa shape index (κ2) is 24.3. The zero-order valence-corrected chi connectivity index (χ0v) is 39.3. The first-order chi connectivity index (χ1) is 31.3. The number of rotatable bonds is 21. The monoisotopic (exact) mass is 952 g/mol. The Labute approximate surface area is 385 Å². The number of carbonyl (C=O) groups excluding carboxylic acids is 3. The average Bonchev–Trinajstić information content (AvgIpc) is 3.29. The molecule has 2 aromatic rings. The predicted molar refractivity (Wildman–Crippen MR) is 234 cm³/mol. The van der Waals surface area contributed by atoms with Crippen molar-refractivity contribution in [1.29, 1.82) is 0 Å². The topological polar surface area (TPSA) is 276 Å². The fraction of sp³-hybridized carbons (Fsp3) is 0.674. The van der Waals surface area contributed by atoms with E-state index in [9.17, 15) is 50.1 Å². The zero-order valence-electron chi connectivity index (χ0n) is 38.3. The summed E-state index contributed by atoms with van der Waals surface area (Å²) in [6.45, 7) is 7.80. The number of hydrogen-bond donors (Lipinski definition) is 7. The lowest BCUT2D eigenvalue weighted by atomic mass is 9.96. The van der Waals surface area contributed by atoms with E-state index in [1.54, 1.807) is 0 Å². The third-order valence-electron chi connectivity index (χ3n) is 12.2. The maximum atomic E-state index is 13.8. The maximum Gasteiger partial charge on any atom is 0.306 e. The van der Waals surface area contributed by atoms with Crippen molar-refractivity contribution in [2.45, 2.75) is 170 Å². The molecule has 20 heteroatoms. The minimum absolute atomic E-state index is 0.0182. The molecule has 0 saturated carbocycles. The van der Waals surface area contributed by atoms with Crippen molar-refractivity contribution in [2.75, 3.05) is 26.9 Å². The van der Waals surface area contributed by atoms with Crippen LogP contribution < -0.4 is 10.4 Å². The zero-order chi connectivity index (χ0) is 48.3. The van der Waals surface area contributed by atoms with Crippen LogP contribution in [0.3, 0.4) is 0 Å². The smallest absolute Gasteiger partial charge is 0.306 e. The summed E-state index contributed by atoms with van der Waals surface area (Å²) in [6, 6.07) is 19.3. The summed E-state index contributed by atoms with van der Waals surface area (Å²) in [5.74, 6) is -1.55. The number of benzene rings is 2. The molecule has 0 aliphatic carbocycles. The van der Waals surface area contributed by atoms with Crippen molar-refractivity contribution in [2.24, 2.45) is 0 Å². The minimum Gasteiger partial charge on any atom is -0.469 e. The maximum absolute atomic E-state index is 13.8. The molecule has 370 valence electrons. The van der Waals surface area contributed by atoms with Crippen LogP contribution in [0.25, 0.3) is 0 Å². The van der Waals surface area contributed by atoms with Gasteiger partial charge < -0.3 is 82.9 Å². The molecular formula is C46H68O19Si. The lowest BCUT2D eigenvalue weighted by molar-refractivity contribution is -0.390. The third kappa shape index (κ3) is 12.9. The van der Waals surface area contributed by atoms with Crippen molar-refractivity contribution >= 4 is 36.4 Å². The number of aliphatic hydroxyl groups excluding tert-OH is 7. The number of aliphatic hydroxyl groups is 7. The van der Waals surface area contributed by atoms with Crippen LogP contribution in [-0.4, -0.2) is 181 Å². The molecule has 5 rings (SSSR count). The molecule has 0 aromatic heterocycles. The molecule has 0 spiro atoms. The first-order valence-electron chi connectivity index (χ1n) is 22.4. The van der Waals surface area contributed by atoms with Gasteiger partial charge in [-0.1, -0.05) is 87.9 Å². The molecule has 0 bridgehead atoms. The van der Waals surface area contributed by atoms with Crippen LogP contribution >= 0.6 is 0 Å². The fourth-order valence-corrected chi connectivity index (χ4v) is 13.1. The number of ether oxygens (including phenoxy) is 8. The Morgan fingerprint density at radius 2 is 1.20 bits per heavy atom. The second-order valence-electron chi connectivity index (χ2n) is 18.0. The van der Waals surface area contributed by atoms with E-state index in [4.69, 9.17) is 42.3 Å². The lowest BCUT2D eigenvalue weighted by Crippen LogP contribution is -2.70. The summed E-state index contributed by atoms with van der Waals surface area (Å²) in [4.78, 5) is 37.7. The molecule has 0 amide bonds. The highest BCUT2D eigenvalue weighted by molar-refractivity contribution is 6.99. The van der Waals surface area contributed by atoms with E-state index < -0.39 is 118 Å². The van der Waals surface area contributed by atoms with Crippen molar-refractivity contribution in [3.63, 3.8) is 0 Å². The van der Waals surface area contributed by atoms with Crippen molar-refractivity contribution < 1.29 is 92.5 Å². The highest BCUT2D eigenvalue weighted by Gasteiger charge is 2.58. The summed E-state index contributed by atoms with van der Waals surface area (Å²) >= 11 is 0. The SMILES string of the molecule is COC(=O)CCCCCO[C@@H]1O[C@H](CO[Si](c2ccccc2)(c2ccccc2)C(C)(C)C)[C@H](OC(=O)CCC(C)=O)[C@H](O[C@H]2O[C@H](CO)[C@H](O)[C@H](O)[C@H]2O)[C@H]1O[C@@H]1O[C@H](C)[C@H](O)[C@H](O)[C@H]1O. The number of hydrogen-bond acceptors (Lipinski definition) is 19. The van der Waals surface area contributed by atoms with Crippen LogP contribution in [0.4, 0.5) is 0 Å². The molecule has 3 aliphatic rings. The van der Waals surface area contributed by atoms with Gasteiger partial charge in [-0.25, -0.2) is 0 Å². The number of carbonyl (C=O) groups is 3. The standard InChI is InChI=1S/C46H68O19Si/c1-26(48)21-22-33(50)63-40-31(25-59-66(46(3,4)5,28-16-10-7-11-17-28)29-18-12-8-13-19-29)62-45(58-23-15-9-14-20-32(49)57-6)42(65-43-38(55)36(53)34(51)27(2)60-43)41(40)64-44-39(56)37(54)35(52)30(24-47)61-44/h7-8,10-13,16-19,27,30-31,34-45,47,51-56H,9,14-15,20-25H2,1-6H3/t27-,30-,31-,34+,35+,36+,37+,38-,39-,40+,41+,42-,43+,44-,45-/m1/s1. The Bertz CT molecular complexity index is 1780. The Balaban J connectivity index is 1.64. The largest absolute Gasteiger partial charge is 0.469 e. The molecule has 15 atom stereocenters. The van der Waals surface area contributed by atoms with Crippen molar-refractivity contribution in [3.8, 4) is 0 Å². The second-order valence-corrected chi connectivity index (χ2v) is 22.3. The normalized spacial score (nSPS) is 33.0. The Hall–Kier alpha value is -3.29. The first-order valence-corrected chi connectivity index (χ1v) is 24.3. The molecule has 66 heavy (non-hydrogen) atoms. The van der Waals surface area contributed by atoms with Gasteiger partial charge in [-0.2, -0.15) is 0 Å². The molecule has 7 N–H and O–H groups in total. The molecule has 2 aromatic carbocycles. The molecule has 0 unspecified atom stereocenters. The van der Waals surface area contributed by atoms with E-state index in [0.29, 0.717) is 19.3 Å². The van der Waals surface area contributed by atoms with Crippen LogP contribution in [0.2, 0.25) is 5.04 Å². The summed E-state index contributed by atoms with van der Waals surface area (Å²) < 4.78 is 55.9. The van der Waals surface area contributed by atoms with Gasteiger partial charge in [-0.3, -0.25) is 9.59 Å². The first kappa shape index (κ1) is 53.7. The fourth-order valence-electron chi connectivity index (χ4n) is 8.51. The number of Topliss-reactive ketones (excluding diaryl/α,β-unsaturated/α-hetero) is 1. The summed E-state index contributed by atoms with van der Waals surface area (Å²) in [6.07, 6.45) is -23.6. The number of methoxy groups -OCH3 is 1. The Kier molecular flexibility index (Phi) is 19.8. The van der Waals surface area contributed by atoms with Gasteiger partial charge >= 0.3 is 11.9 Å². The summed E-state index contributed by atoms with van der Waals surface area (Å²) in [5.41, 5.74) is 0. The van der Waals surface area contributed by atoms with Gasteiger partial charge in [0.2, 0.25) is 0 Å². The quantitative estimate of drug-likeness (QED) is 0.0482. The van der Waals surface area contributed by atoms with E-state index >= 15 is 0 Å². The van der Waals surface area contributed by atoms with E-state index in [0.717, 1.165) is 10.4 Å². The Morgan fingerprint density at radius 1 is 0.636 bits per heavy atom. The molecule has 0 radical (unpaired) electrons. The predicted octanol–water partition coefficient (Wildman–Crippen LogP) is -0.283. The van der Waals surface area contributed by atoms with E-state index in [1.165, 1.54) is 21.0 Å². The molecule has 3 fully saturated rings. The van der Waals surface area contributed by atoms with Crippen LogP contribution in [0.5, 0.6) is 0 Å². The summed E-state index contributed by atoms with van der Waals surface area (Å²) in [5, 5.41) is 76.8. The van der Waals surface area contributed by atoms with E-state index in [1.807, 2.05) is 60.7 Å². The van der Waals surface area contributed by atoms with Gasteiger partial charge in [0.05, 0.1) is 32.8 Å². The third-order valence-corrected chi connectivity index (χ3v) is 17.2. The van der Waals surface area contributed by atoms with Crippen molar-refractivity contribution in [1.82, 2.24) is 0 Å². The molecular weight excluding hydrogens is 885 g/mol. The van der Waals surface area contributed by atoms with Gasteiger partial charge in [0.25, 0.3) is 8.32 Å². The highest BCUT2D eigenvalue weighted by Crippen LogP contribution is 2.40. The highest BCUT2D eigenvalue weighted by atomic mass is 28.4. The molecule has 3 heterocycles. The van der Waals surface area contributed by atoms with Crippen LogP contribution in [0, 0.1) is 0 Å². The Morgan fingerprint density at radius 3 is 1.76 bits per heavy atom. The lowest BCUT2D eigenvalue weighted by Gasteiger charge is -2.50. The van der Waals surface area contributed by atoms with Gasteiger partial charge in [0.1, 0.15) is 66.8 Å². The van der Waals surface area contributed by atoms with Gasteiger partial charge in [0.15, 0.2) is 25.0 Å². The van der Waals surface area contributed by atoms with Crippen LogP contribution in [-0.2, 0) is 56.7 Å². The van der Waals surface area contributed by atoms with E-state index in [2.05, 4.69) is 20.8 Å². The van der Waals surface area contributed by atoms with Crippen LogP contribution in [0.1, 0.15) is 73.1 Å². The molecule has 3 aliphatic heterocycles. The molecule has 3 saturated heterocycles. The van der Waals surface area contributed by atoms with Gasteiger partial charge in [0, 0.05) is 19.4 Å². The van der Waals surface area contributed by atoms with Gasteiger partial charge in [-0.15, -0.1) is 0 Å². The average molecular weight is 953 g/mol. The summed E-state index contributed by atoms with van der Waals surface area (Å²) in [7, 11) is -2.08.